The van der Waals surface area contributed by atoms with Gasteiger partial charge in [-0.3, -0.25) is 4.79 Å². The fourth-order valence-corrected chi connectivity index (χ4v) is 1.57. The van der Waals surface area contributed by atoms with Crippen LogP contribution in [0.15, 0.2) is 29.8 Å². The third kappa shape index (κ3) is 2.54. The largest absolute Gasteiger partial charge is 0.376 e. The van der Waals surface area contributed by atoms with Gasteiger partial charge in [0, 0.05) is 12.0 Å². The first-order chi connectivity index (χ1) is 7.25. The second-order valence-corrected chi connectivity index (χ2v) is 3.81. The van der Waals surface area contributed by atoms with Crippen molar-refractivity contribution in [2.75, 3.05) is 13.2 Å². The molecule has 2 rings (SSSR count). The molecule has 0 amide bonds. The average Bonchev–Trinajstić information content (AvgIpc) is 2.25. The maximum Gasteiger partial charge on any atom is 0.163 e. The summed E-state index contributed by atoms with van der Waals surface area (Å²) in [6, 6.07) is 8.12. The predicted octanol–water partition coefficient (Wildman–Crippen LogP) is 2.37. The molecule has 0 radical (unpaired) electrons. The Morgan fingerprint density at radius 3 is 2.67 bits per heavy atom. The number of benzene rings is 1. The molecule has 0 aliphatic carbocycles. The van der Waals surface area contributed by atoms with Gasteiger partial charge in [-0.2, -0.15) is 0 Å². The molecular formula is C13H14O2. The molecule has 2 nitrogen and oxygen atoms in total. The number of hydrogen-bond acceptors (Lipinski definition) is 2. The van der Waals surface area contributed by atoms with Gasteiger partial charge in [0.05, 0.1) is 13.2 Å². The Morgan fingerprint density at radius 2 is 2.00 bits per heavy atom. The molecule has 0 saturated carbocycles. The summed E-state index contributed by atoms with van der Waals surface area (Å²) in [6.07, 6.45) is 2.43. The first kappa shape index (κ1) is 10.1. The molecule has 1 heterocycles. The van der Waals surface area contributed by atoms with Crippen molar-refractivity contribution in [2.24, 2.45) is 0 Å². The molecule has 1 aromatic rings. The number of aryl methyl sites for hydroxylation is 1. The third-order valence-electron chi connectivity index (χ3n) is 2.51. The van der Waals surface area contributed by atoms with Crippen LogP contribution >= 0.6 is 0 Å². The summed E-state index contributed by atoms with van der Waals surface area (Å²) in [5.74, 6) is 0.210. The van der Waals surface area contributed by atoms with Crippen molar-refractivity contribution in [1.82, 2.24) is 0 Å². The summed E-state index contributed by atoms with van der Waals surface area (Å²) in [4.78, 5) is 11.5. The van der Waals surface area contributed by atoms with Gasteiger partial charge >= 0.3 is 0 Å². The topological polar surface area (TPSA) is 26.3 Å². The van der Waals surface area contributed by atoms with E-state index in [-0.39, 0.29) is 5.78 Å². The number of carbonyl (C=O) groups excluding carboxylic acids is 1. The Labute approximate surface area is 89.6 Å². The molecule has 78 valence electrons. The van der Waals surface area contributed by atoms with E-state index in [1.807, 2.05) is 37.3 Å². The van der Waals surface area contributed by atoms with Gasteiger partial charge in [-0.25, -0.2) is 0 Å². The SMILES string of the molecule is Cc1ccc(/C=C2/COCCC2=O)cc1. The first-order valence-electron chi connectivity index (χ1n) is 5.14. The molecule has 0 atom stereocenters. The summed E-state index contributed by atoms with van der Waals surface area (Å²) in [7, 11) is 0. The van der Waals surface area contributed by atoms with Gasteiger partial charge < -0.3 is 4.74 Å². The Kier molecular flexibility index (Phi) is 2.97. The third-order valence-corrected chi connectivity index (χ3v) is 2.51. The van der Waals surface area contributed by atoms with Crippen molar-refractivity contribution in [3.05, 3.63) is 41.0 Å². The molecule has 1 saturated heterocycles. The molecule has 0 N–H and O–H groups in total. The van der Waals surface area contributed by atoms with Gasteiger partial charge in [0.15, 0.2) is 5.78 Å². The number of hydrogen-bond donors (Lipinski definition) is 0. The number of Topliss-reactive ketones (excluding diaryl/α,β-unsaturated/α-hetero) is 1. The van der Waals surface area contributed by atoms with Crippen molar-refractivity contribution in [3.8, 4) is 0 Å². The lowest BCUT2D eigenvalue weighted by atomic mass is 10.0. The smallest absolute Gasteiger partial charge is 0.163 e. The van der Waals surface area contributed by atoms with Crippen LogP contribution in [0.2, 0.25) is 0 Å². The second-order valence-electron chi connectivity index (χ2n) is 3.81. The monoisotopic (exact) mass is 202 g/mol. The zero-order chi connectivity index (χ0) is 10.7. The molecule has 0 aromatic heterocycles. The van der Waals surface area contributed by atoms with Crippen molar-refractivity contribution in [3.63, 3.8) is 0 Å². The van der Waals surface area contributed by atoms with E-state index in [2.05, 4.69) is 0 Å². The normalized spacial score (nSPS) is 19.5. The van der Waals surface area contributed by atoms with Crippen molar-refractivity contribution < 1.29 is 9.53 Å². The molecule has 1 aliphatic heterocycles. The molecular weight excluding hydrogens is 188 g/mol. The van der Waals surface area contributed by atoms with Crippen LogP contribution in [0, 0.1) is 6.92 Å². The van der Waals surface area contributed by atoms with Crippen molar-refractivity contribution in [1.29, 1.82) is 0 Å². The molecule has 0 bridgehead atoms. The quantitative estimate of drug-likeness (QED) is 0.653. The summed E-state index contributed by atoms with van der Waals surface area (Å²) < 4.78 is 5.26. The molecule has 15 heavy (non-hydrogen) atoms. The predicted molar refractivity (Wildman–Crippen MR) is 59.6 cm³/mol. The summed E-state index contributed by atoms with van der Waals surface area (Å²) in [5, 5.41) is 0. The van der Waals surface area contributed by atoms with Crippen molar-refractivity contribution in [2.45, 2.75) is 13.3 Å². The van der Waals surface area contributed by atoms with Crippen LogP contribution in [0.4, 0.5) is 0 Å². The Balaban J connectivity index is 2.21. The lowest BCUT2D eigenvalue weighted by Gasteiger charge is -2.13. The number of rotatable bonds is 1. The number of ketones is 1. The van der Waals surface area contributed by atoms with Crippen molar-refractivity contribution >= 4 is 11.9 Å². The van der Waals surface area contributed by atoms with Gasteiger partial charge in [0.2, 0.25) is 0 Å². The van der Waals surface area contributed by atoms with E-state index in [0.717, 1.165) is 11.1 Å². The fourth-order valence-electron chi connectivity index (χ4n) is 1.57. The van der Waals surface area contributed by atoms with E-state index < -0.39 is 0 Å². The lowest BCUT2D eigenvalue weighted by molar-refractivity contribution is -0.119. The molecule has 1 fully saturated rings. The molecule has 0 spiro atoms. The minimum Gasteiger partial charge on any atom is -0.376 e. The zero-order valence-electron chi connectivity index (χ0n) is 8.82. The Bertz CT molecular complexity index is 388. The van der Waals surface area contributed by atoms with Crippen LogP contribution in [-0.2, 0) is 9.53 Å². The highest BCUT2D eigenvalue weighted by molar-refractivity contribution is 6.00. The highest BCUT2D eigenvalue weighted by Gasteiger charge is 2.14. The number of ether oxygens (including phenoxy) is 1. The average molecular weight is 202 g/mol. The molecule has 2 heteroatoms. The standard InChI is InChI=1S/C13H14O2/c1-10-2-4-11(5-3-10)8-12-9-15-7-6-13(12)14/h2-5,8H,6-7,9H2,1H3/b12-8-. The summed E-state index contributed by atoms with van der Waals surface area (Å²) >= 11 is 0. The lowest BCUT2D eigenvalue weighted by Crippen LogP contribution is -2.18. The van der Waals surface area contributed by atoms with Gasteiger partial charge in [-0.15, -0.1) is 0 Å². The highest BCUT2D eigenvalue weighted by Crippen LogP contribution is 2.14. The van der Waals surface area contributed by atoms with Crippen LogP contribution in [0.1, 0.15) is 17.5 Å². The highest BCUT2D eigenvalue weighted by atomic mass is 16.5. The van der Waals surface area contributed by atoms with Crippen LogP contribution < -0.4 is 0 Å². The van der Waals surface area contributed by atoms with Gasteiger partial charge in [0.25, 0.3) is 0 Å². The zero-order valence-corrected chi connectivity index (χ0v) is 8.82. The van der Waals surface area contributed by atoms with Crippen LogP contribution in [0.3, 0.4) is 0 Å². The fraction of sp³-hybridized carbons (Fsp3) is 0.308. The van der Waals surface area contributed by atoms with Gasteiger partial charge in [0.1, 0.15) is 0 Å². The van der Waals surface area contributed by atoms with Crippen LogP contribution in [0.5, 0.6) is 0 Å². The summed E-state index contributed by atoms with van der Waals surface area (Å²) in [6.45, 7) is 3.06. The molecule has 0 unspecified atom stereocenters. The Hall–Kier alpha value is -1.41. The maximum absolute atomic E-state index is 11.5. The van der Waals surface area contributed by atoms with Gasteiger partial charge in [-0.05, 0) is 18.6 Å². The van der Waals surface area contributed by atoms with E-state index in [9.17, 15) is 4.79 Å². The van der Waals surface area contributed by atoms with Crippen LogP contribution in [0.25, 0.3) is 6.08 Å². The van der Waals surface area contributed by atoms with E-state index in [0.29, 0.717) is 19.6 Å². The maximum atomic E-state index is 11.5. The second kappa shape index (κ2) is 4.41. The minimum atomic E-state index is 0.210. The summed E-state index contributed by atoms with van der Waals surface area (Å²) in [5.41, 5.74) is 3.07. The van der Waals surface area contributed by atoms with E-state index in [1.54, 1.807) is 0 Å². The van der Waals surface area contributed by atoms with E-state index in [1.165, 1.54) is 5.56 Å². The van der Waals surface area contributed by atoms with E-state index >= 15 is 0 Å². The van der Waals surface area contributed by atoms with Gasteiger partial charge in [-0.1, -0.05) is 29.8 Å². The number of carbonyl (C=O) groups is 1. The van der Waals surface area contributed by atoms with Crippen LogP contribution in [-0.4, -0.2) is 19.0 Å². The first-order valence-corrected chi connectivity index (χ1v) is 5.14. The Morgan fingerprint density at radius 1 is 1.27 bits per heavy atom. The van der Waals surface area contributed by atoms with E-state index in [4.69, 9.17) is 4.74 Å². The molecule has 1 aromatic carbocycles. The molecule has 1 aliphatic rings. The minimum absolute atomic E-state index is 0.210.